The quantitative estimate of drug-likeness (QED) is 0.217. The molecule has 0 saturated heterocycles. The number of sulfone groups is 1. The lowest BCUT2D eigenvalue weighted by molar-refractivity contribution is -0.116. The van der Waals surface area contributed by atoms with E-state index < -0.39 is 9.84 Å². The van der Waals surface area contributed by atoms with Gasteiger partial charge in [0.15, 0.2) is 9.84 Å². The zero-order chi connectivity index (χ0) is 30.7. The number of carbonyl (C=O) groups is 2. The topological polar surface area (TPSA) is 111 Å². The SMILES string of the molecule is C/C=C/NC(=O)C(=C\c1[nH]c(C)c(C(=O)NCCN(CC)CC)c1C)/C=C(\C)CS(C)(=O)=O.C/C=C\C=C/CF. The highest BCUT2D eigenvalue weighted by Gasteiger charge is 2.18. The number of aromatic nitrogens is 1. The smallest absolute Gasteiger partial charge is 0.255 e. The highest BCUT2D eigenvalue weighted by molar-refractivity contribution is 7.90. The second kappa shape index (κ2) is 19.8. The molecule has 0 saturated carbocycles. The van der Waals surface area contributed by atoms with Crippen molar-refractivity contribution in [2.24, 2.45) is 0 Å². The average molecular weight is 579 g/mol. The lowest BCUT2D eigenvalue weighted by Crippen LogP contribution is -2.35. The summed E-state index contributed by atoms with van der Waals surface area (Å²) in [6.45, 7) is 15.9. The van der Waals surface area contributed by atoms with Crippen molar-refractivity contribution in [2.45, 2.75) is 48.5 Å². The van der Waals surface area contributed by atoms with Gasteiger partial charge in [0.05, 0.1) is 11.3 Å². The monoisotopic (exact) mass is 578 g/mol. The summed E-state index contributed by atoms with van der Waals surface area (Å²) in [5.41, 5.74) is 3.41. The number of hydrogen-bond acceptors (Lipinski definition) is 5. The fourth-order valence-corrected chi connectivity index (χ4v) is 4.66. The summed E-state index contributed by atoms with van der Waals surface area (Å²) in [6, 6.07) is 0. The Bertz CT molecular complexity index is 1200. The zero-order valence-corrected chi connectivity index (χ0v) is 26.0. The van der Waals surface area contributed by atoms with Crippen LogP contribution in [0.1, 0.15) is 61.9 Å². The van der Waals surface area contributed by atoms with Gasteiger partial charge in [-0.05, 0) is 71.6 Å². The number of rotatable bonds is 14. The van der Waals surface area contributed by atoms with Gasteiger partial charge in [0, 0.05) is 36.3 Å². The van der Waals surface area contributed by atoms with E-state index in [0.29, 0.717) is 29.1 Å². The Balaban J connectivity index is 0.00000191. The van der Waals surface area contributed by atoms with Crippen LogP contribution in [0.25, 0.3) is 6.08 Å². The van der Waals surface area contributed by atoms with Crippen molar-refractivity contribution in [3.05, 3.63) is 76.3 Å². The molecule has 0 spiro atoms. The van der Waals surface area contributed by atoms with E-state index in [1.165, 1.54) is 12.3 Å². The van der Waals surface area contributed by atoms with Gasteiger partial charge in [-0.3, -0.25) is 9.59 Å². The summed E-state index contributed by atoms with van der Waals surface area (Å²) in [7, 11) is -3.23. The molecule has 10 heteroatoms. The first-order valence-corrected chi connectivity index (χ1v) is 15.4. The number of aryl methyl sites for hydroxylation is 1. The molecule has 0 radical (unpaired) electrons. The summed E-state index contributed by atoms with van der Waals surface area (Å²) in [5, 5.41) is 5.62. The minimum atomic E-state index is -3.23. The van der Waals surface area contributed by atoms with E-state index in [1.54, 1.807) is 44.2 Å². The number of nitrogens with zero attached hydrogens (tertiary/aromatic N) is 1. The second-order valence-electron chi connectivity index (χ2n) is 9.19. The molecule has 1 aromatic heterocycles. The molecule has 1 aromatic rings. The summed E-state index contributed by atoms with van der Waals surface area (Å²) in [4.78, 5) is 30.9. The van der Waals surface area contributed by atoms with Gasteiger partial charge >= 0.3 is 0 Å². The molecule has 0 fully saturated rings. The number of halogens is 1. The highest BCUT2D eigenvalue weighted by atomic mass is 32.2. The van der Waals surface area contributed by atoms with Gasteiger partial charge in [-0.1, -0.05) is 49.8 Å². The van der Waals surface area contributed by atoms with Crippen LogP contribution in [0.5, 0.6) is 0 Å². The van der Waals surface area contributed by atoms with Crippen molar-refractivity contribution >= 4 is 27.7 Å². The van der Waals surface area contributed by atoms with E-state index in [4.69, 9.17) is 0 Å². The van der Waals surface area contributed by atoms with E-state index in [9.17, 15) is 22.4 Å². The van der Waals surface area contributed by atoms with E-state index in [1.807, 2.05) is 26.8 Å². The van der Waals surface area contributed by atoms with Crippen molar-refractivity contribution in [1.82, 2.24) is 20.5 Å². The van der Waals surface area contributed by atoms with Crippen LogP contribution in [0.2, 0.25) is 0 Å². The number of hydrogen-bond donors (Lipinski definition) is 3. The molecule has 0 aliphatic carbocycles. The van der Waals surface area contributed by atoms with Crippen molar-refractivity contribution in [1.29, 1.82) is 0 Å². The van der Waals surface area contributed by atoms with Crippen molar-refractivity contribution in [3.8, 4) is 0 Å². The van der Waals surface area contributed by atoms with Gasteiger partial charge < -0.3 is 20.5 Å². The third-order valence-electron chi connectivity index (χ3n) is 5.67. The van der Waals surface area contributed by atoms with Crippen LogP contribution in [0.4, 0.5) is 4.39 Å². The molecule has 8 nitrogen and oxygen atoms in total. The van der Waals surface area contributed by atoms with Gasteiger partial charge in [-0.2, -0.15) is 0 Å². The minimum Gasteiger partial charge on any atom is -0.358 e. The standard InChI is InChI=1S/C24H38N4O4S.C6H9F/c1-8-11-25-23(29)20(14-17(4)16-33(7,31)32)15-21-18(5)22(19(6)27-21)24(30)26-12-13-28(9-2)10-3;1-2-3-4-5-6-7/h8,11,14-15,27H,9-10,12-13,16H2,1-7H3,(H,25,29)(H,26,30);2-5H,6H2,1H3/b11-8+,17-14+,20-15-;3-2-,5-4-. The Morgan fingerprint density at radius 2 is 1.73 bits per heavy atom. The lowest BCUT2D eigenvalue weighted by Gasteiger charge is -2.18. The molecule has 40 heavy (non-hydrogen) atoms. The molecule has 0 atom stereocenters. The number of allylic oxidation sites excluding steroid dienone is 5. The zero-order valence-electron chi connectivity index (χ0n) is 25.2. The summed E-state index contributed by atoms with van der Waals surface area (Å²) >= 11 is 0. The van der Waals surface area contributed by atoms with Crippen molar-refractivity contribution in [3.63, 3.8) is 0 Å². The van der Waals surface area contributed by atoms with Crippen molar-refractivity contribution in [2.75, 3.05) is 44.9 Å². The maximum absolute atomic E-state index is 12.8. The number of H-pyrrole nitrogens is 1. The molecule has 0 unspecified atom stereocenters. The normalized spacial score (nSPS) is 12.8. The van der Waals surface area contributed by atoms with Gasteiger partial charge in [-0.25, -0.2) is 12.8 Å². The fraction of sp³-hybridized carbons (Fsp3) is 0.467. The molecule has 0 aliphatic heterocycles. The van der Waals surface area contributed by atoms with Gasteiger partial charge in [-0.15, -0.1) is 0 Å². The second-order valence-corrected chi connectivity index (χ2v) is 11.3. The predicted octanol–water partition coefficient (Wildman–Crippen LogP) is 4.82. The Labute approximate surface area is 240 Å². The first kappa shape index (κ1) is 36.8. The van der Waals surface area contributed by atoms with Gasteiger partial charge in [0.1, 0.15) is 6.67 Å². The maximum atomic E-state index is 12.8. The van der Waals surface area contributed by atoms with Crippen molar-refractivity contribution < 1.29 is 22.4 Å². The number of nitrogens with one attached hydrogen (secondary N) is 3. The molecular weight excluding hydrogens is 531 g/mol. The molecular formula is C30H47FN4O4S. The lowest BCUT2D eigenvalue weighted by atomic mass is 10.1. The molecule has 224 valence electrons. The van der Waals surface area contributed by atoms with Crippen LogP contribution in [0, 0.1) is 13.8 Å². The number of amides is 2. The summed E-state index contributed by atoms with van der Waals surface area (Å²) in [5.74, 6) is -0.695. The van der Waals surface area contributed by atoms with Crippen LogP contribution < -0.4 is 10.6 Å². The molecule has 1 rings (SSSR count). The Morgan fingerprint density at radius 1 is 1.07 bits per heavy atom. The average Bonchev–Trinajstić information content (AvgIpc) is 3.16. The van der Waals surface area contributed by atoms with Crippen LogP contribution >= 0.6 is 0 Å². The van der Waals surface area contributed by atoms with Crippen LogP contribution in [0.15, 0.2) is 53.8 Å². The molecule has 1 heterocycles. The number of alkyl halides is 1. The van der Waals surface area contributed by atoms with Crippen LogP contribution in [-0.2, 0) is 14.6 Å². The number of likely N-dealkylation sites (N-methyl/N-ethyl adjacent to an activating group) is 1. The molecule has 3 N–H and O–H groups in total. The number of aromatic amines is 1. The molecule has 0 aliphatic rings. The Hall–Kier alpha value is -3.24. The summed E-state index contributed by atoms with van der Waals surface area (Å²) < 4.78 is 34.5. The Kier molecular flexibility index (Phi) is 18.2. The van der Waals surface area contributed by atoms with E-state index in [0.717, 1.165) is 31.5 Å². The minimum absolute atomic E-state index is 0.149. The fourth-order valence-electron chi connectivity index (χ4n) is 3.75. The first-order chi connectivity index (χ1) is 18.8. The third kappa shape index (κ3) is 14.8. The van der Waals surface area contributed by atoms with E-state index >= 15 is 0 Å². The van der Waals surface area contributed by atoms with E-state index in [2.05, 4.69) is 34.4 Å². The maximum Gasteiger partial charge on any atom is 0.255 e. The molecule has 0 aromatic carbocycles. The third-order valence-corrected chi connectivity index (χ3v) is 6.65. The first-order valence-electron chi connectivity index (χ1n) is 13.4. The number of carbonyl (C=O) groups excluding carboxylic acids is 2. The van der Waals surface area contributed by atoms with Gasteiger partial charge in [0.25, 0.3) is 11.8 Å². The summed E-state index contributed by atoms with van der Waals surface area (Å²) in [6.07, 6.45) is 14.3. The highest BCUT2D eigenvalue weighted by Crippen LogP contribution is 2.21. The largest absolute Gasteiger partial charge is 0.358 e. The van der Waals surface area contributed by atoms with E-state index in [-0.39, 0.29) is 29.8 Å². The van der Waals surface area contributed by atoms with Crippen LogP contribution in [0.3, 0.4) is 0 Å². The van der Waals surface area contributed by atoms with Gasteiger partial charge in [0.2, 0.25) is 0 Å². The predicted molar refractivity (Wildman–Crippen MR) is 165 cm³/mol. The molecule has 0 bridgehead atoms. The molecule has 2 amide bonds. The van der Waals surface area contributed by atoms with Crippen LogP contribution in [-0.4, -0.2) is 75.0 Å². The Morgan fingerprint density at radius 3 is 2.25 bits per heavy atom.